The summed E-state index contributed by atoms with van der Waals surface area (Å²) in [4.78, 5) is 2.64. The van der Waals surface area contributed by atoms with E-state index in [0.717, 1.165) is 38.3 Å². The highest BCUT2D eigenvalue weighted by atomic mass is 16.5. The Bertz CT molecular complexity index is 809. The number of methoxy groups -OCH3 is 1. The molecule has 1 aliphatic carbocycles. The van der Waals surface area contributed by atoms with E-state index in [1.54, 1.807) is 7.11 Å². The maximum atomic E-state index is 6.46. The second kappa shape index (κ2) is 11.1. The zero-order valence-electron chi connectivity index (χ0n) is 19.1. The summed E-state index contributed by atoms with van der Waals surface area (Å²) < 4.78 is 18.1. The fourth-order valence-corrected chi connectivity index (χ4v) is 5.09. The quantitative estimate of drug-likeness (QED) is 0.557. The first kappa shape index (κ1) is 22.3. The normalized spacial score (nSPS) is 24.4. The maximum Gasteiger partial charge on any atom is 0.121 e. The van der Waals surface area contributed by atoms with Crippen LogP contribution in [-0.4, -0.2) is 50.0 Å². The predicted octanol–water partition coefficient (Wildman–Crippen LogP) is 5.17. The van der Waals surface area contributed by atoms with Gasteiger partial charge in [-0.1, -0.05) is 55.3 Å². The van der Waals surface area contributed by atoms with Crippen LogP contribution in [-0.2, 0) is 22.5 Å². The van der Waals surface area contributed by atoms with Crippen molar-refractivity contribution in [2.24, 2.45) is 0 Å². The summed E-state index contributed by atoms with van der Waals surface area (Å²) in [6.45, 7) is 5.76. The molecule has 2 fully saturated rings. The molecule has 0 amide bonds. The van der Waals surface area contributed by atoms with Crippen molar-refractivity contribution in [1.29, 1.82) is 0 Å². The Hall–Kier alpha value is -1.88. The summed E-state index contributed by atoms with van der Waals surface area (Å²) in [6.07, 6.45) is 7.79. The third-order valence-electron chi connectivity index (χ3n) is 6.82. The van der Waals surface area contributed by atoms with Crippen molar-refractivity contribution < 1.29 is 14.2 Å². The molecule has 1 saturated carbocycles. The molecule has 4 nitrogen and oxygen atoms in total. The van der Waals surface area contributed by atoms with Gasteiger partial charge in [0.15, 0.2) is 0 Å². The molecule has 1 saturated heterocycles. The molecule has 2 aromatic carbocycles. The number of likely N-dealkylation sites (tertiary alicyclic amines) is 1. The van der Waals surface area contributed by atoms with Gasteiger partial charge in [0, 0.05) is 19.1 Å². The highest BCUT2D eigenvalue weighted by molar-refractivity contribution is 5.36. The smallest absolute Gasteiger partial charge is 0.121 e. The Kier molecular flexibility index (Phi) is 8.01. The molecule has 0 aromatic heterocycles. The number of nitrogens with zero attached hydrogens (tertiary/aromatic N) is 1. The van der Waals surface area contributed by atoms with Crippen LogP contribution < -0.4 is 4.74 Å². The van der Waals surface area contributed by atoms with Gasteiger partial charge in [-0.15, -0.1) is 0 Å². The molecule has 3 atom stereocenters. The van der Waals surface area contributed by atoms with Gasteiger partial charge in [0.05, 0.1) is 32.5 Å². The van der Waals surface area contributed by atoms with Crippen molar-refractivity contribution in [2.45, 2.75) is 70.3 Å². The van der Waals surface area contributed by atoms with Crippen LogP contribution in [0, 0.1) is 6.92 Å². The number of ether oxygens (including phenoxy) is 3. The van der Waals surface area contributed by atoms with Crippen molar-refractivity contribution >= 4 is 0 Å². The Morgan fingerprint density at radius 1 is 0.935 bits per heavy atom. The topological polar surface area (TPSA) is 30.9 Å². The highest BCUT2D eigenvalue weighted by Crippen LogP contribution is 2.29. The molecule has 4 rings (SSSR count). The standard InChI is InChI=1S/C27H37NO3/c1-21-18-22(12-13-26(21)29-2)15-17-30-27-11-7-6-10-25(27)28-16-14-24(19-28)31-20-23-8-4-3-5-9-23/h3-5,8-9,12-13,18,24-25,27H,6-7,10-11,14-17,19-20H2,1-2H3/t24?,25?,27-/m0/s1. The van der Waals surface area contributed by atoms with Crippen LogP contribution in [0.3, 0.4) is 0 Å². The number of hydrogen-bond acceptors (Lipinski definition) is 4. The van der Waals surface area contributed by atoms with Crippen LogP contribution in [0.4, 0.5) is 0 Å². The Morgan fingerprint density at radius 3 is 2.58 bits per heavy atom. The van der Waals surface area contributed by atoms with Crippen LogP contribution in [0.1, 0.15) is 48.8 Å². The molecule has 1 aliphatic heterocycles. The lowest BCUT2D eigenvalue weighted by molar-refractivity contribution is -0.0352. The van der Waals surface area contributed by atoms with E-state index in [1.165, 1.54) is 42.4 Å². The van der Waals surface area contributed by atoms with E-state index in [-0.39, 0.29) is 0 Å². The molecular formula is C27H37NO3. The minimum absolute atomic E-state index is 0.338. The highest BCUT2D eigenvalue weighted by Gasteiger charge is 2.35. The second-order valence-electron chi connectivity index (χ2n) is 9.02. The number of aryl methyl sites for hydroxylation is 1. The van der Waals surface area contributed by atoms with Crippen molar-refractivity contribution in [3.8, 4) is 5.75 Å². The van der Waals surface area contributed by atoms with Crippen LogP contribution >= 0.6 is 0 Å². The molecule has 1 heterocycles. The largest absolute Gasteiger partial charge is 0.496 e. The molecule has 4 heteroatoms. The fourth-order valence-electron chi connectivity index (χ4n) is 5.09. The molecule has 0 bridgehead atoms. The summed E-state index contributed by atoms with van der Waals surface area (Å²) in [7, 11) is 1.73. The first-order valence-electron chi connectivity index (χ1n) is 11.9. The van der Waals surface area contributed by atoms with Crippen LogP contribution in [0.5, 0.6) is 5.75 Å². The third kappa shape index (κ3) is 6.09. The average molecular weight is 424 g/mol. The molecule has 0 N–H and O–H groups in total. The molecular weight excluding hydrogens is 386 g/mol. The van der Waals surface area contributed by atoms with Crippen molar-refractivity contribution in [1.82, 2.24) is 4.90 Å². The van der Waals surface area contributed by atoms with Crippen molar-refractivity contribution in [2.75, 3.05) is 26.8 Å². The van der Waals surface area contributed by atoms with E-state index < -0.39 is 0 Å². The van der Waals surface area contributed by atoms with Crippen molar-refractivity contribution in [3.63, 3.8) is 0 Å². The van der Waals surface area contributed by atoms with Gasteiger partial charge >= 0.3 is 0 Å². The minimum Gasteiger partial charge on any atom is -0.496 e. The zero-order valence-corrected chi connectivity index (χ0v) is 19.1. The number of rotatable bonds is 9. The van der Waals surface area contributed by atoms with E-state index >= 15 is 0 Å². The van der Waals surface area contributed by atoms with E-state index in [0.29, 0.717) is 24.9 Å². The Morgan fingerprint density at radius 2 is 1.77 bits per heavy atom. The lowest BCUT2D eigenvalue weighted by atomic mass is 9.91. The van der Waals surface area contributed by atoms with Gasteiger partial charge < -0.3 is 14.2 Å². The fraction of sp³-hybridized carbons (Fsp3) is 0.556. The summed E-state index contributed by atoms with van der Waals surface area (Å²) in [5, 5.41) is 0. The van der Waals surface area contributed by atoms with Gasteiger partial charge in [-0.2, -0.15) is 0 Å². The van der Waals surface area contributed by atoms with E-state index in [4.69, 9.17) is 14.2 Å². The second-order valence-corrected chi connectivity index (χ2v) is 9.02. The first-order chi connectivity index (χ1) is 15.2. The van der Waals surface area contributed by atoms with Gasteiger partial charge in [-0.3, -0.25) is 4.90 Å². The van der Waals surface area contributed by atoms with Gasteiger partial charge in [-0.25, -0.2) is 0 Å². The SMILES string of the molecule is COc1ccc(CCO[C@H]2CCCCC2N2CCC(OCc3ccccc3)C2)cc1C. The van der Waals surface area contributed by atoms with E-state index in [2.05, 4.69) is 60.4 Å². The number of benzene rings is 2. The molecule has 0 radical (unpaired) electrons. The Balaban J connectivity index is 1.25. The van der Waals surface area contributed by atoms with Crippen LogP contribution in [0.25, 0.3) is 0 Å². The zero-order chi connectivity index (χ0) is 21.5. The third-order valence-corrected chi connectivity index (χ3v) is 6.82. The molecule has 31 heavy (non-hydrogen) atoms. The maximum absolute atomic E-state index is 6.46. The van der Waals surface area contributed by atoms with Gasteiger partial charge in [-0.05, 0) is 55.4 Å². The summed E-state index contributed by atoms with van der Waals surface area (Å²) in [6, 6.07) is 17.5. The Labute approximate surface area is 187 Å². The average Bonchev–Trinajstić information content (AvgIpc) is 3.28. The molecule has 168 valence electrons. The predicted molar refractivity (Wildman–Crippen MR) is 125 cm³/mol. The monoisotopic (exact) mass is 423 g/mol. The summed E-state index contributed by atoms with van der Waals surface area (Å²) in [5.41, 5.74) is 3.77. The molecule has 2 unspecified atom stereocenters. The summed E-state index contributed by atoms with van der Waals surface area (Å²) >= 11 is 0. The molecule has 2 aromatic rings. The van der Waals surface area contributed by atoms with E-state index in [9.17, 15) is 0 Å². The minimum atomic E-state index is 0.338. The van der Waals surface area contributed by atoms with Crippen LogP contribution in [0.15, 0.2) is 48.5 Å². The lowest BCUT2D eigenvalue weighted by Crippen LogP contribution is -2.46. The van der Waals surface area contributed by atoms with E-state index in [1.807, 2.05) is 0 Å². The van der Waals surface area contributed by atoms with Crippen LogP contribution in [0.2, 0.25) is 0 Å². The van der Waals surface area contributed by atoms with Gasteiger partial charge in [0.1, 0.15) is 5.75 Å². The molecule has 0 spiro atoms. The van der Waals surface area contributed by atoms with Gasteiger partial charge in [0.2, 0.25) is 0 Å². The number of hydrogen-bond donors (Lipinski definition) is 0. The summed E-state index contributed by atoms with van der Waals surface area (Å²) in [5.74, 6) is 0.954. The van der Waals surface area contributed by atoms with Gasteiger partial charge in [0.25, 0.3) is 0 Å². The van der Waals surface area contributed by atoms with Crippen molar-refractivity contribution in [3.05, 3.63) is 65.2 Å². The molecule has 2 aliphatic rings. The lowest BCUT2D eigenvalue weighted by Gasteiger charge is -2.38. The first-order valence-corrected chi connectivity index (χ1v) is 11.9.